The minimum Gasteiger partial charge on any atom is -0.493 e. The molecule has 2 aliphatic heterocycles. The fourth-order valence-electron chi connectivity index (χ4n) is 3.70. The molecule has 1 saturated heterocycles. The molecule has 2 aliphatic rings. The van der Waals surface area contributed by atoms with Crippen molar-refractivity contribution in [2.45, 2.75) is 38.3 Å². The number of nitrogens with one attached hydrogen (secondary N) is 1. The van der Waals surface area contributed by atoms with Crippen LogP contribution in [0.3, 0.4) is 0 Å². The van der Waals surface area contributed by atoms with Crippen LogP contribution in [0.25, 0.3) is 0 Å². The van der Waals surface area contributed by atoms with E-state index in [1.807, 2.05) is 12.1 Å². The van der Waals surface area contributed by atoms with Crippen LogP contribution in [0.5, 0.6) is 5.75 Å². The van der Waals surface area contributed by atoms with Crippen LogP contribution in [-0.2, 0) is 22.6 Å². The lowest BCUT2D eigenvalue weighted by Gasteiger charge is -2.34. The van der Waals surface area contributed by atoms with E-state index in [2.05, 4.69) is 15.6 Å². The van der Waals surface area contributed by atoms with Gasteiger partial charge >= 0.3 is 5.97 Å². The molecular weight excluding hydrogens is 378 g/mol. The molecular formula is C19H21N5O5. The van der Waals surface area contributed by atoms with Crippen molar-refractivity contribution in [2.24, 2.45) is 0 Å². The summed E-state index contributed by atoms with van der Waals surface area (Å²) in [6.45, 7) is 0.944. The van der Waals surface area contributed by atoms with Gasteiger partial charge in [-0.25, -0.2) is 9.48 Å². The molecule has 10 heteroatoms. The number of benzene rings is 1. The number of carboxylic acid groups (broad SMARTS) is 1. The van der Waals surface area contributed by atoms with Crippen LogP contribution in [0.1, 0.15) is 35.3 Å². The second-order valence-corrected chi connectivity index (χ2v) is 7.12. The minimum absolute atomic E-state index is 0.166. The fourth-order valence-corrected chi connectivity index (χ4v) is 3.70. The maximum Gasteiger partial charge on any atom is 0.358 e. The van der Waals surface area contributed by atoms with Crippen molar-refractivity contribution in [3.63, 3.8) is 0 Å². The zero-order valence-electron chi connectivity index (χ0n) is 15.7. The maximum absolute atomic E-state index is 12.9. The number of amides is 2. The Balaban J connectivity index is 1.44. The number of carbonyl (C=O) groups excluding carboxylic acids is 2. The highest BCUT2D eigenvalue weighted by Crippen LogP contribution is 2.28. The van der Waals surface area contributed by atoms with Crippen molar-refractivity contribution >= 4 is 23.5 Å². The van der Waals surface area contributed by atoms with Gasteiger partial charge in [-0.05, 0) is 43.0 Å². The first-order valence-electron chi connectivity index (χ1n) is 9.51. The molecule has 1 aromatic heterocycles. The Labute approximate surface area is 166 Å². The molecule has 2 aromatic rings. The molecule has 1 atom stereocenters. The van der Waals surface area contributed by atoms with E-state index < -0.39 is 12.0 Å². The number of rotatable bonds is 5. The average Bonchev–Trinajstić information content (AvgIpc) is 3.37. The zero-order chi connectivity index (χ0) is 20.4. The molecule has 0 bridgehead atoms. The quantitative estimate of drug-likeness (QED) is 0.766. The Morgan fingerprint density at radius 1 is 1.28 bits per heavy atom. The summed E-state index contributed by atoms with van der Waals surface area (Å²) in [4.78, 5) is 38.1. The summed E-state index contributed by atoms with van der Waals surface area (Å²) in [5.74, 6) is -0.902. The molecule has 0 radical (unpaired) electrons. The highest BCUT2D eigenvalue weighted by Gasteiger charge is 2.32. The molecule has 10 nitrogen and oxygen atoms in total. The number of likely N-dealkylation sites (tertiary alicyclic amines) is 1. The fraction of sp³-hybridized carbons (Fsp3) is 0.421. The standard InChI is InChI=1S/C19H21N5O5/c25-17(11-23-10-14(19(27)28)21-22-23)24-7-2-1-3-15(24)18(26)20-13-4-5-16-12(9-13)6-8-29-16/h4-5,9-10,15H,1-3,6-8,11H2,(H,20,26)(H,27,28). The Morgan fingerprint density at radius 2 is 2.14 bits per heavy atom. The Hall–Kier alpha value is -3.43. The summed E-state index contributed by atoms with van der Waals surface area (Å²) in [6, 6.07) is 4.95. The van der Waals surface area contributed by atoms with Gasteiger partial charge < -0.3 is 20.1 Å². The van der Waals surface area contributed by atoms with Crippen molar-refractivity contribution in [1.82, 2.24) is 19.9 Å². The van der Waals surface area contributed by atoms with E-state index in [1.54, 1.807) is 6.07 Å². The van der Waals surface area contributed by atoms with Gasteiger partial charge in [0.15, 0.2) is 5.69 Å². The Morgan fingerprint density at radius 3 is 2.93 bits per heavy atom. The molecule has 4 rings (SSSR count). The van der Waals surface area contributed by atoms with E-state index in [1.165, 1.54) is 15.8 Å². The smallest absolute Gasteiger partial charge is 0.358 e. The average molecular weight is 399 g/mol. The molecule has 0 saturated carbocycles. The largest absolute Gasteiger partial charge is 0.493 e. The third-order valence-corrected chi connectivity index (χ3v) is 5.14. The molecule has 1 aromatic carbocycles. The van der Waals surface area contributed by atoms with Gasteiger partial charge in [0, 0.05) is 18.7 Å². The van der Waals surface area contributed by atoms with Gasteiger partial charge in [0.2, 0.25) is 11.8 Å². The second kappa shape index (κ2) is 7.90. The number of aromatic nitrogens is 3. The first kappa shape index (κ1) is 18.9. The van der Waals surface area contributed by atoms with E-state index in [4.69, 9.17) is 9.84 Å². The van der Waals surface area contributed by atoms with Gasteiger partial charge in [0.05, 0.1) is 12.8 Å². The predicted molar refractivity (Wildman–Crippen MR) is 101 cm³/mol. The lowest BCUT2D eigenvalue weighted by atomic mass is 10.0. The molecule has 2 amide bonds. The summed E-state index contributed by atoms with van der Waals surface area (Å²) < 4.78 is 6.66. The molecule has 3 heterocycles. The number of nitrogens with zero attached hydrogens (tertiary/aromatic N) is 4. The lowest BCUT2D eigenvalue weighted by Crippen LogP contribution is -2.51. The topological polar surface area (TPSA) is 127 Å². The van der Waals surface area contributed by atoms with Crippen LogP contribution in [0.2, 0.25) is 0 Å². The third-order valence-electron chi connectivity index (χ3n) is 5.14. The number of fused-ring (bicyclic) bond motifs is 1. The number of aromatic carboxylic acids is 1. The van der Waals surface area contributed by atoms with Gasteiger partial charge in [0.1, 0.15) is 18.3 Å². The maximum atomic E-state index is 12.9. The number of carboxylic acids is 1. The molecule has 152 valence electrons. The number of anilines is 1. The number of hydrogen-bond acceptors (Lipinski definition) is 6. The Bertz CT molecular complexity index is 956. The van der Waals surface area contributed by atoms with Gasteiger partial charge in [-0.2, -0.15) is 0 Å². The number of carbonyl (C=O) groups is 3. The summed E-state index contributed by atoms with van der Waals surface area (Å²) >= 11 is 0. The van der Waals surface area contributed by atoms with E-state index >= 15 is 0 Å². The van der Waals surface area contributed by atoms with E-state index in [-0.39, 0.29) is 24.1 Å². The first-order chi connectivity index (χ1) is 14.0. The molecule has 29 heavy (non-hydrogen) atoms. The normalized spacial score (nSPS) is 18.1. The summed E-state index contributed by atoms with van der Waals surface area (Å²) in [6.07, 6.45) is 4.24. The summed E-state index contributed by atoms with van der Waals surface area (Å²) in [5, 5.41) is 19.0. The molecule has 0 spiro atoms. The van der Waals surface area contributed by atoms with Crippen molar-refractivity contribution in [2.75, 3.05) is 18.5 Å². The molecule has 1 fully saturated rings. The van der Waals surface area contributed by atoms with Crippen molar-refractivity contribution in [1.29, 1.82) is 0 Å². The third kappa shape index (κ3) is 4.05. The highest BCUT2D eigenvalue weighted by atomic mass is 16.5. The summed E-state index contributed by atoms with van der Waals surface area (Å²) in [7, 11) is 0. The number of hydrogen-bond donors (Lipinski definition) is 2. The van der Waals surface area contributed by atoms with Crippen LogP contribution >= 0.6 is 0 Å². The van der Waals surface area contributed by atoms with E-state index in [9.17, 15) is 14.4 Å². The molecule has 0 aliphatic carbocycles. The second-order valence-electron chi connectivity index (χ2n) is 7.12. The van der Waals surface area contributed by atoms with Crippen LogP contribution in [0, 0.1) is 0 Å². The van der Waals surface area contributed by atoms with Gasteiger partial charge in [-0.15, -0.1) is 5.10 Å². The minimum atomic E-state index is -1.21. The van der Waals surface area contributed by atoms with Crippen LogP contribution in [0.15, 0.2) is 24.4 Å². The van der Waals surface area contributed by atoms with Crippen LogP contribution < -0.4 is 10.1 Å². The van der Waals surface area contributed by atoms with Crippen LogP contribution in [-0.4, -0.2) is 62.0 Å². The number of piperidine rings is 1. The monoisotopic (exact) mass is 399 g/mol. The van der Waals surface area contributed by atoms with Crippen molar-refractivity contribution in [3.8, 4) is 5.75 Å². The predicted octanol–water partition coefficient (Wildman–Crippen LogP) is 0.931. The highest BCUT2D eigenvalue weighted by molar-refractivity contribution is 5.97. The van der Waals surface area contributed by atoms with E-state index in [0.29, 0.717) is 25.3 Å². The van der Waals surface area contributed by atoms with Gasteiger partial charge in [-0.3, -0.25) is 9.59 Å². The van der Waals surface area contributed by atoms with Gasteiger partial charge in [-0.1, -0.05) is 5.21 Å². The van der Waals surface area contributed by atoms with Gasteiger partial charge in [0.25, 0.3) is 0 Å². The molecule has 1 unspecified atom stereocenters. The lowest BCUT2D eigenvalue weighted by molar-refractivity contribution is -0.141. The van der Waals surface area contributed by atoms with Crippen molar-refractivity contribution < 1.29 is 24.2 Å². The van der Waals surface area contributed by atoms with Crippen molar-refractivity contribution in [3.05, 3.63) is 35.7 Å². The summed E-state index contributed by atoms with van der Waals surface area (Å²) in [5.41, 5.74) is 1.51. The van der Waals surface area contributed by atoms with Crippen LogP contribution in [0.4, 0.5) is 5.69 Å². The molecule has 2 N–H and O–H groups in total. The Kier molecular flexibility index (Phi) is 5.15. The first-order valence-corrected chi connectivity index (χ1v) is 9.51. The number of ether oxygens (including phenoxy) is 1. The van der Waals surface area contributed by atoms with E-state index in [0.717, 1.165) is 30.6 Å². The SMILES string of the molecule is O=C(O)c1cn(CC(=O)N2CCCCC2C(=O)Nc2ccc3c(c2)CCO3)nn1. The zero-order valence-corrected chi connectivity index (χ0v) is 15.7.